The van der Waals surface area contributed by atoms with Gasteiger partial charge < -0.3 is 20.3 Å². The van der Waals surface area contributed by atoms with E-state index in [0.717, 1.165) is 44.9 Å². The van der Waals surface area contributed by atoms with Crippen LogP contribution < -0.4 is 5.32 Å². The van der Waals surface area contributed by atoms with Crippen molar-refractivity contribution in [3.05, 3.63) is 36.5 Å². The third kappa shape index (κ3) is 61.3. The number of amides is 1. The second-order valence-electron chi connectivity index (χ2n) is 23.5. The molecule has 0 saturated heterocycles. The molecular formula is C70H133NO5. The van der Waals surface area contributed by atoms with E-state index in [1.807, 2.05) is 6.08 Å². The lowest BCUT2D eigenvalue weighted by Crippen LogP contribution is -2.45. The number of unbranched alkanes of at least 4 members (excludes halogenated alkanes) is 49. The molecular weight excluding hydrogens is 935 g/mol. The standard InChI is InChI=1S/C70H133NO5/c1-3-5-7-9-11-13-15-17-35-40-44-48-52-56-60-64-70(75)76-65-61-57-53-49-45-41-37-34-32-30-28-26-24-22-20-19-21-23-25-27-29-31-33-36-39-43-47-51-55-59-63-69(74)71-67(66-72)68(73)62-58-54-50-46-42-38-18-16-14-12-10-8-6-4-2/h17,20,22,35,58,62,67-68,72-73H,3-16,18-19,21,23-34,36-57,59-61,63-66H2,1-2H3,(H,71,74)/b22-20-,35-17-,62-58+. The molecule has 0 aromatic rings. The van der Waals surface area contributed by atoms with Gasteiger partial charge in [0.1, 0.15) is 0 Å². The first-order valence-electron chi connectivity index (χ1n) is 34.3. The average Bonchev–Trinajstić information content (AvgIpc) is 3.42. The van der Waals surface area contributed by atoms with Crippen LogP contribution in [-0.2, 0) is 14.3 Å². The summed E-state index contributed by atoms with van der Waals surface area (Å²) in [4.78, 5) is 24.5. The molecule has 0 aromatic heterocycles. The van der Waals surface area contributed by atoms with Gasteiger partial charge >= 0.3 is 5.97 Å². The molecule has 6 nitrogen and oxygen atoms in total. The highest BCUT2D eigenvalue weighted by atomic mass is 16.5. The second-order valence-corrected chi connectivity index (χ2v) is 23.5. The Kier molecular flexibility index (Phi) is 63.9. The van der Waals surface area contributed by atoms with Gasteiger partial charge in [0.25, 0.3) is 0 Å². The summed E-state index contributed by atoms with van der Waals surface area (Å²) in [7, 11) is 0. The number of aliphatic hydroxyl groups excluding tert-OH is 2. The van der Waals surface area contributed by atoms with Crippen LogP contribution in [0.5, 0.6) is 0 Å². The Morgan fingerprint density at radius 2 is 0.618 bits per heavy atom. The number of hydrogen-bond acceptors (Lipinski definition) is 5. The summed E-state index contributed by atoms with van der Waals surface area (Å²) in [5.41, 5.74) is 0. The lowest BCUT2D eigenvalue weighted by atomic mass is 10.0. The quantitative estimate of drug-likeness (QED) is 0.0320. The van der Waals surface area contributed by atoms with E-state index in [1.54, 1.807) is 6.08 Å². The Morgan fingerprint density at radius 1 is 0.355 bits per heavy atom. The fraction of sp³-hybridized carbons (Fsp3) is 0.886. The number of esters is 1. The van der Waals surface area contributed by atoms with Gasteiger partial charge in [-0.2, -0.15) is 0 Å². The molecule has 2 unspecified atom stereocenters. The lowest BCUT2D eigenvalue weighted by molar-refractivity contribution is -0.143. The highest BCUT2D eigenvalue weighted by Gasteiger charge is 2.18. The van der Waals surface area contributed by atoms with E-state index in [2.05, 4.69) is 43.5 Å². The first-order valence-corrected chi connectivity index (χ1v) is 34.3. The van der Waals surface area contributed by atoms with E-state index >= 15 is 0 Å². The molecule has 0 spiro atoms. The average molecular weight is 1070 g/mol. The van der Waals surface area contributed by atoms with Crippen LogP contribution in [0.1, 0.15) is 373 Å². The van der Waals surface area contributed by atoms with Crippen molar-refractivity contribution < 1.29 is 24.5 Å². The minimum Gasteiger partial charge on any atom is -0.466 e. The number of carbonyl (C=O) groups excluding carboxylic acids is 2. The predicted molar refractivity (Wildman–Crippen MR) is 333 cm³/mol. The highest BCUT2D eigenvalue weighted by Crippen LogP contribution is 2.18. The zero-order chi connectivity index (χ0) is 55.0. The number of aliphatic hydroxyl groups is 2. The summed E-state index contributed by atoms with van der Waals surface area (Å²) in [6.45, 7) is 4.92. The van der Waals surface area contributed by atoms with E-state index in [4.69, 9.17) is 4.74 Å². The van der Waals surface area contributed by atoms with Gasteiger partial charge in [-0.3, -0.25) is 9.59 Å². The number of allylic oxidation sites excluding steroid dienone is 5. The van der Waals surface area contributed by atoms with Gasteiger partial charge in [-0.1, -0.05) is 314 Å². The van der Waals surface area contributed by atoms with E-state index in [0.29, 0.717) is 19.4 Å². The Balaban J connectivity index is 3.37. The van der Waals surface area contributed by atoms with Gasteiger partial charge in [0.15, 0.2) is 0 Å². The van der Waals surface area contributed by atoms with Crippen LogP contribution in [-0.4, -0.2) is 47.4 Å². The maximum Gasteiger partial charge on any atom is 0.305 e. The zero-order valence-corrected chi connectivity index (χ0v) is 51.3. The monoisotopic (exact) mass is 1070 g/mol. The summed E-state index contributed by atoms with van der Waals surface area (Å²) in [5, 5.41) is 23.1. The van der Waals surface area contributed by atoms with Crippen LogP contribution in [0.4, 0.5) is 0 Å². The van der Waals surface area contributed by atoms with Gasteiger partial charge in [0.05, 0.1) is 25.4 Å². The van der Waals surface area contributed by atoms with Crippen molar-refractivity contribution in [3.8, 4) is 0 Å². The SMILES string of the molecule is CCCCCCCC/C=C\CCCCCCCC(=O)OCCCCCCCCCCCCCC/C=C\CCCCCCCCCCCCCCCCC(=O)NC(CO)C(O)/C=C/CCCCCCCCCCCCCC. The normalized spacial score (nSPS) is 12.7. The molecule has 0 radical (unpaired) electrons. The molecule has 0 rings (SSSR count). The molecule has 0 fully saturated rings. The Hall–Kier alpha value is -1.92. The van der Waals surface area contributed by atoms with Gasteiger partial charge in [0.2, 0.25) is 5.91 Å². The summed E-state index contributed by atoms with van der Waals surface area (Å²) in [6.07, 6.45) is 83.6. The van der Waals surface area contributed by atoms with Crippen LogP contribution in [0.3, 0.4) is 0 Å². The Morgan fingerprint density at radius 3 is 0.934 bits per heavy atom. The van der Waals surface area contributed by atoms with Gasteiger partial charge in [-0.15, -0.1) is 0 Å². The fourth-order valence-electron chi connectivity index (χ4n) is 10.6. The minimum atomic E-state index is -0.843. The molecule has 0 aliphatic rings. The number of nitrogens with one attached hydrogen (secondary N) is 1. The van der Waals surface area contributed by atoms with Crippen molar-refractivity contribution in [1.82, 2.24) is 5.32 Å². The molecule has 0 saturated carbocycles. The second kappa shape index (κ2) is 65.6. The van der Waals surface area contributed by atoms with Crippen LogP contribution in [0.2, 0.25) is 0 Å². The summed E-state index contributed by atoms with van der Waals surface area (Å²) < 4.78 is 5.49. The topological polar surface area (TPSA) is 95.9 Å². The highest BCUT2D eigenvalue weighted by molar-refractivity contribution is 5.76. The molecule has 0 aliphatic heterocycles. The van der Waals surface area contributed by atoms with E-state index < -0.39 is 12.1 Å². The molecule has 1 amide bonds. The Bertz CT molecular complexity index is 1230. The van der Waals surface area contributed by atoms with Crippen molar-refractivity contribution in [2.24, 2.45) is 0 Å². The third-order valence-corrected chi connectivity index (χ3v) is 15.9. The van der Waals surface area contributed by atoms with Crippen LogP contribution in [0.25, 0.3) is 0 Å². The van der Waals surface area contributed by atoms with Gasteiger partial charge in [-0.05, 0) is 83.5 Å². The van der Waals surface area contributed by atoms with Crippen molar-refractivity contribution in [1.29, 1.82) is 0 Å². The molecule has 0 aromatic carbocycles. The first-order chi connectivity index (χ1) is 37.5. The summed E-state index contributed by atoms with van der Waals surface area (Å²) in [5.74, 6) is -0.0560. The Labute approximate surface area is 474 Å². The molecule has 0 aliphatic carbocycles. The number of ether oxygens (including phenoxy) is 1. The zero-order valence-electron chi connectivity index (χ0n) is 51.3. The number of rotatable bonds is 64. The first kappa shape index (κ1) is 74.1. The van der Waals surface area contributed by atoms with Crippen molar-refractivity contribution >= 4 is 11.9 Å². The third-order valence-electron chi connectivity index (χ3n) is 15.9. The van der Waals surface area contributed by atoms with Crippen LogP contribution in [0, 0.1) is 0 Å². The maximum absolute atomic E-state index is 12.5. The minimum absolute atomic E-state index is 0.00908. The van der Waals surface area contributed by atoms with Crippen LogP contribution >= 0.6 is 0 Å². The molecule has 448 valence electrons. The summed E-state index contributed by atoms with van der Waals surface area (Å²) in [6, 6.07) is -0.626. The van der Waals surface area contributed by atoms with E-state index in [9.17, 15) is 19.8 Å². The maximum atomic E-state index is 12.5. The molecule has 76 heavy (non-hydrogen) atoms. The largest absolute Gasteiger partial charge is 0.466 e. The summed E-state index contributed by atoms with van der Waals surface area (Å²) >= 11 is 0. The number of hydrogen-bond donors (Lipinski definition) is 3. The van der Waals surface area contributed by atoms with E-state index in [-0.39, 0.29) is 18.5 Å². The molecule has 6 heteroatoms. The predicted octanol–water partition coefficient (Wildman–Crippen LogP) is 21.9. The van der Waals surface area contributed by atoms with Gasteiger partial charge in [0, 0.05) is 12.8 Å². The van der Waals surface area contributed by atoms with Crippen LogP contribution in [0.15, 0.2) is 36.5 Å². The lowest BCUT2D eigenvalue weighted by Gasteiger charge is -2.20. The van der Waals surface area contributed by atoms with Crippen molar-refractivity contribution in [2.45, 2.75) is 386 Å². The van der Waals surface area contributed by atoms with Gasteiger partial charge in [-0.25, -0.2) is 0 Å². The van der Waals surface area contributed by atoms with Crippen molar-refractivity contribution in [2.75, 3.05) is 13.2 Å². The molecule has 0 bridgehead atoms. The fourth-order valence-corrected chi connectivity index (χ4v) is 10.6. The number of carbonyl (C=O) groups is 2. The van der Waals surface area contributed by atoms with Crippen molar-refractivity contribution in [3.63, 3.8) is 0 Å². The molecule has 0 heterocycles. The molecule has 2 atom stereocenters. The van der Waals surface area contributed by atoms with E-state index in [1.165, 1.54) is 302 Å². The smallest absolute Gasteiger partial charge is 0.305 e. The molecule has 3 N–H and O–H groups in total.